The lowest BCUT2D eigenvalue weighted by Crippen LogP contribution is -2.28. The maximum Gasteiger partial charge on any atom is 0.0572 e. The number of halogens is 1. The summed E-state index contributed by atoms with van der Waals surface area (Å²) < 4.78 is 0. The number of nitrogens with two attached hydrogens (primary N) is 1. The van der Waals surface area contributed by atoms with Crippen molar-refractivity contribution in [3.63, 3.8) is 0 Å². The van der Waals surface area contributed by atoms with Crippen LogP contribution in [0.5, 0.6) is 0 Å². The first-order valence-electron chi connectivity index (χ1n) is 5.40. The van der Waals surface area contributed by atoms with Gasteiger partial charge in [0.15, 0.2) is 0 Å². The fraction of sp³-hybridized carbons (Fsp3) is 0.250. The van der Waals surface area contributed by atoms with Crippen LogP contribution in [0.15, 0.2) is 35.8 Å². The van der Waals surface area contributed by atoms with Crippen LogP contribution in [0.3, 0.4) is 0 Å². The van der Waals surface area contributed by atoms with Gasteiger partial charge in [0.25, 0.3) is 0 Å². The number of nitrogens with zero attached hydrogens (tertiary/aromatic N) is 1. The largest absolute Gasteiger partial charge is 0.271 e. The summed E-state index contributed by atoms with van der Waals surface area (Å²) in [7, 11) is 0. The van der Waals surface area contributed by atoms with Gasteiger partial charge >= 0.3 is 0 Å². The summed E-state index contributed by atoms with van der Waals surface area (Å²) in [5, 5.41) is 2.75. The Morgan fingerprint density at radius 1 is 1.41 bits per heavy atom. The van der Waals surface area contributed by atoms with E-state index in [2.05, 4.69) is 10.4 Å². The van der Waals surface area contributed by atoms with Gasteiger partial charge in [0.05, 0.1) is 11.1 Å². The second kappa shape index (κ2) is 6.12. The molecule has 3 N–H and O–H groups in total. The van der Waals surface area contributed by atoms with Crippen LogP contribution in [0.25, 0.3) is 0 Å². The van der Waals surface area contributed by atoms with Crippen molar-refractivity contribution >= 4 is 22.9 Å². The number of hydrazine groups is 1. The van der Waals surface area contributed by atoms with Gasteiger partial charge in [-0.2, -0.15) is 0 Å². The number of rotatable bonds is 5. The van der Waals surface area contributed by atoms with Crippen LogP contribution in [0.2, 0.25) is 5.02 Å². The van der Waals surface area contributed by atoms with Gasteiger partial charge < -0.3 is 0 Å². The van der Waals surface area contributed by atoms with Crippen LogP contribution in [-0.4, -0.2) is 4.98 Å². The van der Waals surface area contributed by atoms with Crippen molar-refractivity contribution in [3.05, 3.63) is 51.4 Å². The third-order valence-corrected chi connectivity index (χ3v) is 4.05. The Hall–Kier alpha value is -0.940. The molecule has 0 bridgehead atoms. The summed E-state index contributed by atoms with van der Waals surface area (Å²) in [5.74, 6) is 5.57. The minimum absolute atomic E-state index is 0.0875. The highest BCUT2D eigenvalue weighted by Gasteiger charge is 2.14. The fourth-order valence-corrected chi connectivity index (χ4v) is 2.97. The molecule has 0 spiro atoms. The van der Waals surface area contributed by atoms with E-state index in [9.17, 15) is 0 Å². The van der Waals surface area contributed by atoms with Gasteiger partial charge in [-0.3, -0.25) is 16.3 Å². The molecule has 0 amide bonds. The van der Waals surface area contributed by atoms with Gasteiger partial charge in [-0.05, 0) is 36.4 Å². The first-order chi connectivity index (χ1) is 8.31. The molecule has 2 aromatic rings. The Bertz CT molecular complexity index is 458. The van der Waals surface area contributed by atoms with Crippen LogP contribution in [0.1, 0.15) is 23.0 Å². The van der Waals surface area contributed by atoms with Crippen LogP contribution < -0.4 is 11.3 Å². The topological polar surface area (TPSA) is 50.9 Å². The molecule has 0 aliphatic heterocycles. The zero-order chi connectivity index (χ0) is 12.1. The molecule has 3 nitrogen and oxygen atoms in total. The number of hydrogen-bond donors (Lipinski definition) is 2. The molecule has 0 radical (unpaired) electrons. The lowest BCUT2D eigenvalue weighted by atomic mass is 10.1. The Kier molecular flexibility index (Phi) is 4.50. The number of hydrogen-bond acceptors (Lipinski definition) is 4. The minimum Gasteiger partial charge on any atom is -0.271 e. The Morgan fingerprint density at radius 2 is 2.29 bits per heavy atom. The molecule has 2 rings (SSSR count). The van der Waals surface area contributed by atoms with Crippen molar-refractivity contribution in [3.8, 4) is 0 Å². The summed E-state index contributed by atoms with van der Waals surface area (Å²) in [6.07, 6.45) is 3.57. The molecule has 0 aliphatic carbocycles. The Morgan fingerprint density at radius 3 is 2.88 bits per heavy atom. The maximum atomic E-state index is 6.09. The van der Waals surface area contributed by atoms with Gasteiger partial charge in [-0.1, -0.05) is 17.7 Å². The number of nitrogens with one attached hydrogen (secondary N) is 1. The molecule has 1 atom stereocenters. The summed E-state index contributed by atoms with van der Waals surface area (Å²) in [4.78, 5) is 5.38. The average molecular weight is 268 g/mol. The number of thiophene rings is 1. The highest BCUT2D eigenvalue weighted by molar-refractivity contribution is 7.10. The van der Waals surface area contributed by atoms with Crippen molar-refractivity contribution in [2.45, 2.75) is 18.9 Å². The molecule has 2 aromatic heterocycles. The second-order valence-corrected chi connectivity index (χ2v) is 5.07. The Balaban J connectivity index is 2.00. The van der Waals surface area contributed by atoms with E-state index >= 15 is 0 Å². The van der Waals surface area contributed by atoms with E-state index in [1.165, 1.54) is 0 Å². The minimum atomic E-state index is 0.0875. The number of aryl methyl sites for hydroxylation is 1. The molecule has 0 fully saturated rings. The van der Waals surface area contributed by atoms with E-state index < -0.39 is 0 Å². The molecule has 5 heteroatoms. The van der Waals surface area contributed by atoms with E-state index in [1.54, 1.807) is 17.5 Å². The predicted octanol–water partition coefficient (Wildman–Crippen LogP) is 2.93. The predicted molar refractivity (Wildman–Crippen MR) is 72.0 cm³/mol. The number of aromatic nitrogens is 1. The first kappa shape index (κ1) is 12.5. The zero-order valence-electron chi connectivity index (χ0n) is 9.27. The fourth-order valence-electron chi connectivity index (χ4n) is 1.68. The van der Waals surface area contributed by atoms with Gasteiger partial charge in [-0.25, -0.2) is 0 Å². The quantitative estimate of drug-likeness (QED) is 0.647. The molecule has 0 saturated heterocycles. The molecule has 1 unspecified atom stereocenters. The second-order valence-electron chi connectivity index (χ2n) is 3.71. The maximum absolute atomic E-state index is 6.09. The lowest BCUT2D eigenvalue weighted by Gasteiger charge is -2.14. The van der Waals surface area contributed by atoms with Crippen LogP contribution in [-0.2, 0) is 6.42 Å². The highest BCUT2D eigenvalue weighted by Crippen LogP contribution is 2.30. The third kappa shape index (κ3) is 3.26. The van der Waals surface area contributed by atoms with E-state index in [0.717, 1.165) is 28.4 Å². The zero-order valence-corrected chi connectivity index (χ0v) is 10.8. The monoisotopic (exact) mass is 267 g/mol. The van der Waals surface area contributed by atoms with Gasteiger partial charge in [0, 0.05) is 16.8 Å². The van der Waals surface area contributed by atoms with E-state index in [-0.39, 0.29) is 6.04 Å². The molecule has 0 aliphatic rings. The normalized spacial score (nSPS) is 12.6. The molecule has 17 heavy (non-hydrogen) atoms. The number of pyridine rings is 1. The summed E-state index contributed by atoms with van der Waals surface area (Å²) in [5.41, 5.74) is 3.88. The Labute approximate surface area is 110 Å². The van der Waals surface area contributed by atoms with E-state index in [4.69, 9.17) is 17.4 Å². The summed E-state index contributed by atoms with van der Waals surface area (Å²) in [6.45, 7) is 0. The molecule has 90 valence electrons. The van der Waals surface area contributed by atoms with Crippen LogP contribution in [0, 0.1) is 0 Å². The highest BCUT2D eigenvalue weighted by atomic mass is 35.5. The lowest BCUT2D eigenvalue weighted by molar-refractivity contribution is 0.521. The summed E-state index contributed by atoms with van der Waals surface area (Å²) >= 11 is 7.72. The molecule has 0 aromatic carbocycles. The first-order valence-corrected chi connectivity index (χ1v) is 6.66. The van der Waals surface area contributed by atoms with Crippen LogP contribution in [0.4, 0.5) is 0 Å². The van der Waals surface area contributed by atoms with Crippen molar-refractivity contribution in [1.82, 2.24) is 10.4 Å². The molecule has 2 heterocycles. The SMILES string of the molecule is NNC(CCc1ccccn1)c1sccc1Cl. The van der Waals surface area contributed by atoms with Gasteiger partial charge in [-0.15, -0.1) is 11.3 Å². The smallest absolute Gasteiger partial charge is 0.0572 e. The molecular formula is C12H14ClN3S. The van der Waals surface area contributed by atoms with Crippen molar-refractivity contribution in [1.29, 1.82) is 0 Å². The molecular weight excluding hydrogens is 254 g/mol. The van der Waals surface area contributed by atoms with Gasteiger partial charge in [0.1, 0.15) is 0 Å². The molecule has 0 saturated carbocycles. The summed E-state index contributed by atoms with van der Waals surface area (Å²) in [6, 6.07) is 7.91. The third-order valence-electron chi connectivity index (χ3n) is 2.58. The van der Waals surface area contributed by atoms with E-state index in [1.807, 2.05) is 29.6 Å². The van der Waals surface area contributed by atoms with E-state index in [0.29, 0.717) is 0 Å². The van der Waals surface area contributed by atoms with Gasteiger partial charge in [0.2, 0.25) is 0 Å². The average Bonchev–Trinajstić information content (AvgIpc) is 2.78. The standard InChI is InChI=1S/C12H14ClN3S/c13-10-6-8-17-12(10)11(16-14)5-4-9-3-1-2-7-15-9/h1-3,6-8,11,16H,4-5,14H2. The van der Waals surface area contributed by atoms with Crippen LogP contribution >= 0.6 is 22.9 Å². The van der Waals surface area contributed by atoms with Crippen molar-refractivity contribution in [2.75, 3.05) is 0 Å². The van der Waals surface area contributed by atoms with Crippen molar-refractivity contribution in [2.24, 2.45) is 5.84 Å². The van der Waals surface area contributed by atoms with Crippen molar-refractivity contribution < 1.29 is 0 Å².